The minimum Gasteiger partial charge on any atom is -0.380 e. The van der Waals surface area contributed by atoms with Crippen molar-refractivity contribution >= 4 is 27.7 Å². The minimum atomic E-state index is -1.83. The first-order valence-electron chi connectivity index (χ1n) is 7.76. The van der Waals surface area contributed by atoms with Gasteiger partial charge in [-0.15, -0.1) is 0 Å². The standard InChI is InChI=1S/C16H22BrN3O4/c1-9(10-2-4-11(17)5-3-10)19-15(23)13(21)14(22)16(24)20-7-6-12(18)8-20/h2-5,9,12-14,21-22H,6-8,18H2,1H3,(H,19,23)/t9-,12-,13+,14?/m0/s1. The molecular formula is C16H22BrN3O4. The van der Waals surface area contributed by atoms with Gasteiger partial charge in [-0.05, 0) is 31.0 Å². The number of carbonyl (C=O) groups is 2. The number of hydrogen-bond donors (Lipinski definition) is 4. The normalized spacial score (nSPS) is 21.2. The number of aliphatic hydroxyl groups is 2. The first kappa shape index (κ1) is 18.9. The van der Waals surface area contributed by atoms with Gasteiger partial charge in [0.1, 0.15) is 0 Å². The monoisotopic (exact) mass is 399 g/mol. The van der Waals surface area contributed by atoms with Gasteiger partial charge in [-0.3, -0.25) is 9.59 Å². The van der Waals surface area contributed by atoms with Gasteiger partial charge < -0.3 is 26.2 Å². The van der Waals surface area contributed by atoms with Gasteiger partial charge in [-0.25, -0.2) is 0 Å². The van der Waals surface area contributed by atoms with Crippen LogP contribution >= 0.6 is 15.9 Å². The first-order valence-corrected chi connectivity index (χ1v) is 8.55. The van der Waals surface area contributed by atoms with Crippen molar-refractivity contribution in [2.24, 2.45) is 5.73 Å². The third-order valence-corrected chi connectivity index (χ3v) is 4.61. The molecule has 1 aliphatic heterocycles. The molecule has 4 atom stereocenters. The van der Waals surface area contributed by atoms with Gasteiger partial charge in [-0.1, -0.05) is 28.1 Å². The molecule has 2 amide bonds. The molecule has 1 aliphatic rings. The van der Waals surface area contributed by atoms with Crippen LogP contribution in [-0.2, 0) is 9.59 Å². The number of nitrogens with zero attached hydrogens (tertiary/aromatic N) is 1. The highest BCUT2D eigenvalue weighted by atomic mass is 79.9. The molecule has 0 saturated carbocycles. The molecule has 1 unspecified atom stereocenters. The van der Waals surface area contributed by atoms with Crippen LogP contribution in [0.1, 0.15) is 24.9 Å². The fourth-order valence-electron chi connectivity index (χ4n) is 2.59. The Hall–Kier alpha value is -1.48. The van der Waals surface area contributed by atoms with Gasteiger partial charge >= 0.3 is 0 Å². The summed E-state index contributed by atoms with van der Waals surface area (Å²) in [5, 5.41) is 22.5. The Balaban J connectivity index is 1.93. The summed E-state index contributed by atoms with van der Waals surface area (Å²) >= 11 is 3.33. The molecule has 1 aromatic carbocycles. The summed E-state index contributed by atoms with van der Waals surface area (Å²) in [6.07, 6.45) is -2.99. The van der Waals surface area contributed by atoms with E-state index < -0.39 is 24.0 Å². The zero-order chi connectivity index (χ0) is 17.9. The molecule has 0 bridgehead atoms. The largest absolute Gasteiger partial charge is 0.380 e. The minimum absolute atomic E-state index is 0.135. The highest BCUT2D eigenvalue weighted by molar-refractivity contribution is 9.10. The number of nitrogens with two attached hydrogens (primary N) is 1. The predicted molar refractivity (Wildman–Crippen MR) is 91.9 cm³/mol. The quantitative estimate of drug-likeness (QED) is 0.551. The van der Waals surface area contributed by atoms with Crippen molar-refractivity contribution in [1.29, 1.82) is 0 Å². The van der Waals surface area contributed by atoms with Gasteiger partial charge in [0.2, 0.25) is 0 Å². The molecule has 7 nitrogen and oxygen atoms in total. The van der Waals surface area contributed by atoms with Crippen LogP contribution in [0.15, 0.2) is 28.7 Å². The van der Waals surface area contributed by atoms with Gasteiger partial charge in [0.15, 0.2) is 12.2 Å². The van der Waals surface area contributed by atoms with Crippen molar-refractivity contribution in [3.05, 3.63) is 34.3 Å². The molecule has 1 saturated heterocycles. The van der Waals surface area contributed by atoms with E-state index in [1.54, 1.807) is 6.92 Å². The van der Waals surface area contributed by atoms with E-state index in [1.165, 1.54) is 4.90 Å². The zero-order valence-electron chi connectivity index (χ0n) is 13.4. The molecular weight excluding hydrogens is 378 g/mol. The van der Waals surface area contributed by atoms with E-state index in [2.05, 4.69) is 21.2 Å². The Kier molecular flexibility index (Phi) is 6.34. The highest BCUT2D eigenvalue weighted by Gasteiger charge is 2.36. The van der Waals surface area contributed by atoms with Crippen LogP contribution in [0.25, 0.3) is 0 Å². The van der Waals surface area contributed by atoms with Crippen molar-refractivity contribution < 1.29 is 19.8 Å². The second-order valence-electron chi connectivity index (χ2n) is 6.00. The van der Waals surface area contributed by atoms with E-state index in [1.807, 2.05) is 24.3 Å². The van der Waals surface area contributed by atoms with Crippen molar-refractivity contribution in [3.63, 3.8) is 0 Å². The molecule has 1 aromatic rings. The lowest BCUT2D eigenvalue weighted by molar-refractivity contribution is -0.152. The molecule has 1 heterocycles. The second kappa shape index (κ2) is 8.06. The number of halogens is 1. The van der Waals surface area contributed by atoms with E-state index >= 15 is 0 Å². The lowest BCUT2D eigenvalue weighted by Gasteiger charge is -2.24. The van der Waals surface area contributed by atoms with Crippen LogP contribution in [0.3, 0.4) is 0 Å². The van der Waals surface area contributed by atoms with Gasteiger partial charge in [0.05, 0.1) is 6.04 Å². The highest BCUT2D eigenvalue weighted by Crippen LogP contribution is 2.17. The summed E-state index contributed by atoms with van der Waals surface area (Å²) < 4.78 is 0.912. The van der Waals surface area contributed by atoms with Crippen LogP contribution in [0.5, 0.6) is 0 Å². The van der Waals surface area contributed by atoms with E-state index in [-0.39, 0.29) is 12.1 Å². The molecule has 0 aliphatic carbocycles. The first-order chi connectivity index (χ1) is 11.3. The molecule has 8 heteroatoms. The van der Waals surface area contributed by atoms with E-state index in [0.717, 1.165) is 10.0 Å². The number of carbonyl (C=O) groups excluding carboxylic acids is 2. The lowest BCUT2D eigenvalue weighted by Crippen LogP contribution is -2.50. The van der Waals surface area contributed by atoms with Crippen LogP contribution < -0.4 is 11.1 Å². The Morgan fingerprint density at radius 2 is 1.92 bits per heavy atom. The molecule has 5 N–H and O–H groups in total. The second-order valence-corrected chi connectivity index (χ2v) is 6.92. The number of likely N-dealkylation sites (tertiary alicyclic amines) is 1. The zero-order valence-corrected chi connectivity index (χ0v) is 14.9. The topological polar surface area (TPSA) is 116 Å². The van der Waals surface area contributed by atoms with E-state index in [4.69, 9.17) is 5.73 Å². The van der Waals surface area contributed by atoms with Gasteiger partial charge in [0.25, 0.3) is 11.8 Å². The van der Waals surface area contributed by atoms with Crippen LogP contribution in [0.2, 0.25) is 0 Å². The van der Waals surface area contributed by atoms with Crippen molar-refractivity contribution in [2.75, 3.05) is 13.1 Å². The predicted octanol–water partition coefficient (Wildman–Crippen LogP) is -0.0923. The van der Waals surface area contributed by atoms with Gasteiger partial charge in [-0.2, -0.15) is 0 Å². The molecule has 0 radical (unpaired) electrons. The summed E-state index contributed by atoms with van der Waals surface area (Å²) in [6.45, 7) is 2.49. The Morgan fingerprint density at radius 1 is 1.29 bits per heavy atom. The lowest BCUT2D eigenvalue weighted by atomic mass is 10.1. The number of benzene rings is 1. The smallest absolute Gasteiger partial charge is 0.254 e. The fourth-order valence-corrected chi connectivity index (χ4v) is 2.85. The van der Waals surface area contributed by atoms with Crippen molar-refractivity contribution in [3.8, 4) is 0 Å². The third-order valence-electron chi connectivity index (χ3n) is 4.09. The molecule has 0 aromatic heterocycles. The Bertz CT molecular complexity index is 595. The SMILES string of the molecule is C[C@H](NC(=O)[C@H](O)C(O)C(=O)N1CC[C@H](N)C1)c1ccc(Br)cc1. The third kappa shape index (κ3) is 4.54. The summed E-state index contributed by atoms with van der Waals surface area (Å²) in [5.74, 6) is -1.48. The molecule has 24 heavy (non-hydrogen) atoms. The maximum absolute atomic E-state index is 12.1. The van der Waals surface area contributed by atoms with Crippen LogP contribution in [0, 0.1) is 0 Å². The number of rotatable bonds is 5. The average molecular weight is 400 g/mol. The van der Waals surface area contributed by atoms with E-state index in [0.29, 0.717) is 19.5 Å². The number of hydrogen-bond acceptors (Lipinski definition) is 5. The molecule has 2 rings (SSSR count). The van der Waals surface area contributed by atoms with E-state index in [9.17, 15) is 19.8 Å². The number of aliphatic hydroxyl groups excluding tert-OH is 2. The number of amides is 2. The summed E-state index contributed by atoms with van der Waals surface area (Å²) in [4.78, 5) is 25.6. The summed E-state index contributed by atoms with van der Waals surface area (Å²) in [7, 11) is 0. The van der Waals surface area contributed by atoms with Crippen LogP contribution in [-0.4, -0.2) is 58.3 Å². The van der Waals surface area contributed by atoms with Crippen LogP contribution in [0.4, 0.5) is 0 Å². The Labute approximate surface area is 149 Å². The summed E-state index contributed by atoms with van der Waals surface area (Å²) in [5.41, 5.74) is 6.56. The molecule has 132 valence electrons. The maximum atomic E-state index is 12.1. The fraction of sp³-hybridized carbons (Fsp3) is 0.500. The average Bonchev–Trinajstić information content (AvgIpc) is 2.99. The molecule has 1 fully saturated rings. The molecule has 0 spiro atoms. The summed E-state index contributed by atoms with van der Waals surface area (Å²) in [6, 6.07) is 6.82. The maximum Gasteiger partial charge on any atom is 0.254 e. The Morgan fingerprint density at radius 3 is 2.46 bits per heavy atom. The number of nitrogens with one attached hydrogen (secondary N) is 1. The van der Waals surface area contributed by atoms with Gasteiger partial charge in [0, 0.05) is 23.6 Å². The van der Waals surface area contributed by atoms with Crippen molar-refractivity contribution in [2.45, 2.75) is 37.6 Å². The van der Waals surface area contributed by atoms with Crippen molar-refractivity contribution in [1.82, 2.24) is 10.2 Å².